The van der Waals surface area contributed by atoms with E-state index in [4.69, 9.17) is 5.73 Å². The number of nitrogens with zero attached hydrogens (tertiary/aromatic N) is 1. The van der Waals surface area contributed by atoms with Crippen LogP contribution >= 0.6 is 15.9 Å². The molecule has 1 aromatic carbocycles. The minimum absolute atomic E-state index is 0.0374. The van der Waals surface area contributed by atoms with E-state index in [1.54, 1.807) is 26.0 Å². The van der Waals surface area contributed by atoms with Crippen LogP contribution in [0.5, 0.6) is 0 Å². The minimum atomic E-state index is -1.18. The van der Waals surface area contributed by atoms with Gasteiger partial charge in [-0.25, -0.2) is 0 Å². The van der Waals surface area contributed by atoms with E-state index >= 15 is 0 Å². The smallest absolute Gasteiger partial charge is 0.245 e. The molecule has 2 atom stereocenters. The topological polar surface area (TPSA) is 75.4 Å². The van der Waals surface area contributed by atoms with Crippen LogP contribution in [-0.4, -0.2) is 35.8 Å². The minimum Gasteiger partial charge on any atom is -0.343 e. The van der Waals surface area contributed by atoms with Gasteiger partial charge >= 0.3 is 0 Å². The Hall–Kier alpha value is -1.40. The van der Waals surface area contributed by atoms with Crippen LogP contribution in [0.4, 0.5) is 0 Å². The maximum Gasteiger partial charge on any atom is 0.245 e. The predicted molar refractivity (Wildman–Crippen MR) is 93.7 cm³/mol. The molecule has 126 valence electrons. The average Bonchev–Trinajstić information content (AvgIpc) is 2.55. The first-order chi connectivity index (χ1) is 10.8. The lowest BCUT2D eigenvalue weighted by Gasteiger charge is -2.31. The first-order valence-electron chi connectivity index (χ1n) is 7.97. The van der Waals surface area contributed by atoms with E-state index in [0.717, 1.165) is 36.8 Å². The summed E-state index contributed by atoms with van der Waals surface area (Å²) in [5.41, 5.74) is 5.73. The van der Waals surface area contributed by atoms with Gasteiger partial charge in [0.05, 0.1) is 0 Å². The van der Waals surface area contributed by atoms with E-state index < -0.39 is 11.6 Å². The number of hydrogen-bond acceptors (Lipinski definition) is 3. The summed E-state index contributed by atoms with van der Waals surface area (Å²) < 4.78 is 0.922. The van der Waals surface area contributed by atoms with Crippen molar-refractivity contribution in [2.24, 2.45) is 5.73 Å². The summed E-state index contributed by atoms with van der Waals surface area (Å²) in [5.74, 6) is -0.387. The normalized spacial score (nSPS) is 18.9. The molecule has 0 radical (unpaired) electrons. The molecule has 1 aliphatic rings. The Balaban J connectivity index is 2.01. The molecule has 5 nitrogen and oxygen atoms in total. The second kappa shape index (κ2) is 7.45. The Labute approximate surface area is 145 Å². The number of piperidine rings is 1. The number of amides is 2. The van der Waals surface area contributed by atoms with Crippen molar-refractivity contribution in [1.29, 1.82) is 0 Å². The standard InChI is InChI=1S/C17H24BrN3O2/c1-12(15(22)21-10-4-3-5-11-21)20-16(23)17(2,19)13-6-8-14(18)9-7-13/h6-9,12H,3-5,10-11,19H2,1-2H3,(H,20,23)/t12-,17?/m0/s1. The van der Waals surface area contributed by atoms with Gasteiger partial charge in [0, 0.05) is 17.6 Å². The van der Waals surface area contributed by atoms with Crippen molar-refractivity contribution >= 4 is 27.7 Å². The Morgan fingerprint density at radius 3 is 2.35 bits per heavy atom. The molecule has 2 amide bonds. The molecule has 0 spiro atoms. The van der Waals surface area contributed by atoms with Gasteiger partial charge in [0.15, 0.2) is 0 Å². The van der Waals surface area contributed by atoms with Crippen LogP contribution in [0.15, 0.2) is 28.7 Å². The first kappa shape index (κ1) is 17.9. The third kappa shape index (κ3) is 4.32. The van der Waals surface area contributed by atoms with Gasteiger partial charge in [-0.3, -0.25) is 9.59 Å². The van der Waals surface area contributed by atoms with Crippen LogP contribution in [0.3, 0.4) is 0 Å². The summed E-state index contributed by atoms with van der Waals surface area (Å²) in [4.78, 5) is 26.8. The molecule has 0 saturated carbocycles. The Kier molecular flexibility index (Phi) is 5.81. The van der Waals surface area contributed by atoms with Gasteiger partial charge in [0.1, 0.15) is 11.6 Å². The summed E-state index contributed by atoms with van der Waals surface area (Å²) in [6.07, 6.45) is 3.22. The predicted octanol–water partition coefficient (Wildman–Crippen LogP) is 2.14. The second-order valence-electron chi connectivity index (χ2n) is 6.29. The van der Waals surface area contributed by atoms with Crippen LogP contribution in [0, 0.1) is 0 Å². The second-order valence-corrected chi connectivity index (χ2v) is 7.21. The lowest BCUT2D eigenvalue weighted by Crippen LogP contribution is -2.55. The van der Waals surface area contributed by atoms with Gasteiger partial charge in [0.2, 0.25) is 11.8 Å². The molecule has 1 heterocycles. The van der Waals surface area contributed by atoms with Crippen molar-refractivity contribution in [3.63, 3.8) is 0 Å². The molecule has 1 aromatic rings. The van der Waals surface area contributed by atoms with Crippen LogP contribution in [0.25, 0.3) is 0 Å². The molecule has 3 N–H and O–H groups in total. The number of carbonyl (C=O) groups is 2. The summed E-state index contributed by atoms with van der Waals surface area (Å²) in [6, 6.07) is 6.73. The average molecular weight is 382 g/mol. The molecule has 6 heteroatoms. The fourth-order valence-corrected chi connectivity index (χ4v) is 2.99. The van der Waals surface area contributed by atoms with Gasteiger partial charge in [-0.15, -0.1) is 0 Å². The molecule has 0 bridgehead atoms. The number of rotatable bonds is 4. The number of carbonyl (C=O) groups excluding carboxylic acids is 2. The SMILES string of the molecule is C[C@H](NC(=O)C(C)(N)c1ccc(Br)cc1)C(=O)N1CCCCC1. The molecule has 23 heavy (non-hydrogen) atoms. The molecule has 0 aromatic heterocycles. The molecule has 0 aliphatic carbocycles. The fourth-order valence-electron chi connectivity index (χ4n) is 2.72. The zero-order chi connectivity index (χ0) is 17.0. The quantitative estimate of drug-likeness (QED) is 0.838. The van der Waals surface area contributed by atoms with Crippen LogP contribution in [0.1, 0.15) is 38.7 Å². The first-order valence-corrected chi connectivity index (χ1v) is 8.76. The zero-order valence-corrected chi connectivity index (χ0v) is 15.2. The van der Waals surface area contributed by atoms with Crippen molar-refractivity contribution in [2.45, 2.75) is 44.7 Å². The number of nitrogens with two attached hydrogens (primary N) is 1. The lowest BCUT2D eigenvalue weighted by molar-refractivity contribution is -0.138. The number of likely N-dealkylation sites (tertiary alicyclic amines) is 1. The molecule has 1 saturated heterocycles. The fraction of sp³-hybridized carbons (Fsp3) is 0.529. The number of nitrogens with one attached hydrogen (secondary N) is 1. The molecule has 1 unspecified atom stereocenters. The van der Waals surface area contributed by atoms with Gasteiger partial charge < -0.3 is 16.0 Å². The number of halogens is 1. The summed E-state index contributed by atoms with van der Waals surface area (Å²) in [7, 11) is 0. The molecular weight excluding hydrogens is 358 g/mol. The highest BCUT2D eigenvalue weighted by Crippen LogP contribution is 2.21. The zero-order valence-electron chi connectivity index (χ0n) is 13.6. The number of hydrogen-bond donors (Lipinski definition) is 2. The monoisotopic (exact) mass is 381 g/mol. The van der Waals surface area contributed by atoms with Crippen molar-refractivity contribution in [3.8, 4) is 0 Å². The van der Waals surface area contributed by atoms with Crippen molar-refractivity contribution in [2.75, 3.05) is 13.1 Å². The van der Waals surface area contributed by atoms with E-state index in [1.165, 1.54) is 0 Å². The Morgan fingerprint density at radius 2 is 1.78 bits per heavy atom. The van der Waals surface area contributed by atoms with Crippen molar-refractivity contribution < 1.29 is 9.59 Å². The molecule has 1 aliphatic heterocycles. The highest BCUT2D eigenvalue weighted by molar-refractivity contribution is 9.10. The van der Waals surface area contributed by atoms with E-state index in [1.807, 2.05) is 17.0 Å². The number of benzene rings is 1. The molecular formula is C17H24BrN3O2. The molecule has 2 rings (SSSR count). The highest BCUT2D eigenvalue weighted by Gasteiger charge is 2.33. The van der Waals surface area contributed by atoms with Gasteiger partial charge in [0.25, 0.3) is 0 Å². The summed E-state index contributed by atoms with van der Waals surface area (Å²) in [6.45, 7) is 4.91. The largest absolute Gasteiger partial charge is 0.343 e. The van der Waals surface area contributed by atoms with Gasteiger partial charge in [-0.05, 0) is 50.8 Å². The van der Waals surface area contributed by atoms with Gasteiger partial charge in [-0.2, -0.15) is 0 Å². The van der Waals surface area contributed by atoms with Crippen LogP contribution in [-0.2, 0) is 15.1 Å². The van der Waals surface area contributed by atoms with Crippen LogP contribution in [0.2, 0.25) is 0 Å². The van der Waals surface area contributed by atoms with E-state index in [-0.39, 0.29) is 11.8 Å². The molecule has 1 fully saturated rings. The van der Waals surface area contributed by atoms with E-state index in [9.17, 15) is 9.59 Å². The third-order valence-electron chi connectivity index (χ3n) is 4.30. The van der Waals surface area contributed by atoms with Crippen molar-refractivity contribution in [3.05, 3.63) is 34.3 Å². The Bertz CT molecular complexity index is 566. The van der Waals surface area contributed by atoms with Crippen LogP contribution < -0.4 is 11.1 Å². The Morgan fingerprint density at radius 1 is 1.22 bits per heavy atom. The van der Waals surface area contributed by atoms with E-state index in [0.29, 0.717) is 5.56 Å². The van der Waals surface area contributed by atoms with E-state index in [2.05, 4.69) is 21.2 Å². The van der Waals surface area contributed by atoms with Crippen molar-refractivity contribution in [1.82, 2.24) is 10.2 Å². The summed E-state index contributed by atoms with van der Waals surface area (Å²) >= 11 is 3.36. The summed E-state index contributed by atoms with van der Waals surface area (Å²) in [5, 5.41) is 2.76. The lowest BCUT2D eigenvalue weighted by atomic mass is 9.92. The third-order valence-corrected chi connectivity index (χ3v) is 4.83. The maximum atomic E-state index is 12.5. The maximum absolute atomic E-state index is 12.5. The highest BCUT2D eigenvalue weighted by atomic mass is 79.9. The van der Waals surface area contributed by atoms with Gasteiger partial charge in [-0.1, -0.05) is 28.1 Å².